The van der Waals surface area contributed by atoms with Gasteiger partial charge in [-0.25, -0.2) is 0 Å². The third-order valence-corrected chi connectivity index (χ3v) is 4.87. The number of nitrogens with zero attached hydrogens (tertiary/aromatic N) is 3. The highest BCUT2D eigenvalue weighted by Crippen LogP contribution is 2.27. The Labute approximate surface area is 172 Å². The Morgan fingerprint density at radius 3 is 2.60 bits per heavy atom. The number of imide groups is 1. The molecule has 2 aromatic heterocycles. The highest BCUT2D eigenvalue weighted by molar-refractivity contribution is 6.22. The summed E-state index contributed by atoms with van der Waals surface area (Å²) in [5, 5.41) is 2.78. The lowest BCUT2D eigenvalue weighted by Crippen LogP contribution is -2.24. The summed E-state index contributed by atoms with van der Waals surface area (Å²) in [4.78, 5) is 46.7. The topological polar surface area (TPSA) is 118 Å². The molecule has 3 amide bonds. The van der Waals surface area contributed by atoms with Crippen LogP contribution in [0.1, 0.15) is 31.8 Å². The Bertz CT molecular complexity index is 1190. The summed E-state index contributed by atoms with van der Waals surface area (Å²) in [6, 6.07) is 8.69. The van der Waals surface area contributed by atoms with Crippen molar-refractivity contribution in [1.82, 2.24) is 14.9 Å². The quantitative estimate of drug-likeness (QED) is 0.648. The molecule has 3 aromatic rings. The predicted molar refractivity (Wildman–Crippen MR) is 112 cm³/mol. The van der Waals surface area contributed by atoms with Crippen LogP contribution < -0.4 is 11.1 Å². The molecule has 4 rings (SSSR count). The summed E-state index contributed by atoms with van der Waals surface area (Å²) in [6.45, 7) is 1.82. The van der Waals surface area contributed by atoms with E-state index in [0.29, 0.717) is 33.8 Å². The number of nitrogen functional groups attached to an aromatic ring is 1. The number of nitrogens with one attached hydrogen (secondary N) is 1. The minimum Gasteiger partial charge on any atom is -0.397 e. The van der Waals surface area contributed by atoms with Gasteiger partial charge in [0.15, 0.2) is 0 Å². The van der Waals surface area contributed by atoms with Crippen molar-refractivity contribution in [2.75, 3.05) is 18.1 Å². The summed E-state index contributed by atoms with van der Waals surface area (Å²) in [6.07, 6.45) is 4.72. The van der Waals surface area contributed by atoms with E-state index in [-0.39, 0.29) is 24.1 Å². The molecule has 0 saturated carbocycles. The van der Waals surface area contributed by atoms with Gasteiger partial charge in [0, 0.05) is 25.0 Å². The van der Waals surface area contributed by atoms with Gasteiger partial charge in [-0.3, -0.25) is 29.3 Å². The van der Waals surface area contributed by atoms with Crippen LogP contribution in [0.15, 0.2) is 48.9 Å². The van der Waals surface area contributed by atoms with Gasteiger partial charge in [-0.05, 0) is 42.3 Å². The van der Waals surface area contributed by atoms with Crippen molar-refractivity contribution >= 4 is 29.1 Å². The van der Waals surface area contributed by atoms with E-state index in [4.69, 9.17) is 5.73 Å². The molecule has 8 nitrogen and oxygen atoms in total. The third kappa shape index (κ3) is 3.50. The van der Waals surface area contributed by atoms with Crippen molar-refractivity contribution < 1.29 is 14.4 Å². The molecule has 3 heterocycles. The lowest BCUT2D eigenvalue weighted by molar-refractivity contribution is -0.115. The fourth-order valence-electron chi connectivity index (χ4n) is 3.48. The van der Waals surface area contributed by atoms with Crippen LogP contribution in [0, 0.1) is 6.92 Å². The number of aromatic nitrogens is 2. The molecule has 0 unspecified atom stereocenters. The summed E-state index contributed by atoms with van der Waals surface area (Å²) >= 11 is 0. The number of aryl methyl sites for hydroxylation is 1. The molecule has 150 valence electrons. The standard InChI is InChI=1S/C22H19N5O3/c1-12-5-13(20-17(6-12)21(29)27(2)22(20)30)8-19(28)26-16-3-4-18(25-11-16)14-7-15(23)10-24-9-14/h3-7,9-11H,8,23H2,1-2H3,(H,26,28). The number of carbonyl (C=O) groups excluding carboxylic acids is 3. The van der Waals surface area contributed by atoms with Crippen molar-refractivity contribution in [1.29, 1.82) is 0 Å². The van der Waals surface area contributed by atoms with Crippen LogP contribution in [-0.4, -0.2) is 39.6 Å². The number of pyridine rings is 2. The summed E-state index contributed by atoms with van der Waals surface area (Å²) in [7, 11) is 1.44. The maximum Gasteiger partial charge on any atom is 0.261 e. The van der Waals surface area contributed by atoms with Crippen LogP contribution in [-0.2, 0) is 11.2 Å². The SMILES string of the molecule is Cc1cc(CC(=O)Nc2ccc(-c3cncc(N)c3)nc2)c2c(c1)C(=O)N(C)C2=O. The molecule has 0 atom stereocenters. The Morgan fingerprint density at radius 2 is 1.90 bits per heavy atom. The number of hydrogen-bond donors (Lipinski definition) is 2. The van der Waals surface area contributed by atoms with Gasteiger partial charge in [0.1, 0.15) is 0 Å². The molecule has 0 spiro atoms. The zero-order chi connectivity index (χ0) is 21.4. The highest BCUT2D eigenvalue weighted by Gasteiger charge is 2.35. The van der Waals surface area contributed by atoms with Gasteiger partial charge in [0.05, 0.1) is 40.8 Å². The molecule has 0 bridgehead atoms. The lowest BCUT2D eigenvalue weighted by Gasteiger charge is -2.10. The van der Waals surface area contributed by atoms with E-state index in [1.165, 1.54) is 7.05 Å². The van der Waals surface area contributed by atoms with E-state index in [0.717, 1.165) is 16.0 Å². The van der Waals surface area contributed by atoms with Crippen LogP contribution in [0.25, 0.3) is 11.3 Å². The maximum absolute atomic E-state index is 12.6. The number of rotatable bonds is 4. The van der Waals surface area contributed by atoms with Crippen molar-refractivity contribution in [3.63, 3.8) is 0 Å². The molecule has 30 heavy (non-hydrogen) atoms. The van der Waals surface area contributed by atoms with Crippen molar-refractivity contribution in [2.24, 2.45) is 0 Å². The fourth-order valence-corrected chi connectivity index (χ4v) is 3.48. The average molecular weight is 401 g/mol. The van der Waals surface area contributed by atoms with Crippen molar-refractivity contribution in [2.45, 2.75) is 13.3 Å². The number of amides is 3. The normalized spacial score (nSPS) is 12.8. The minimum absolute atomic E-state index is 0.0300. The van der Waals surface area contributed by atoms with Gasteiger partial charge in [-0.2, -0.15) is 0 Å². The summed E-state index contributed by atoms with van der Waals surface area (Å²) in [5.41, 5.74) is 10.2. The first-order valence-corrected chi connectivity index (χ1v) is 9.26. The second-order valence-corrected chi connectivity index (χ2v) is 7.18. The molecular formula is C22H19N5O3. The second kappa shape index (κ2) is 7.40. The van der Waals surface area contributed by atoms with Gasteiger partial charge in [0.2, 0.25) is 5.91 Å². The molecule has 0 fully saturated rings. The van der Waals surface area contributed by atoms with E-state index >= 15 is 0 Å². The van der Waals surface area contributed by atoms with Gasteiger partial charge < -0.3 is 11.1 Å². The Hall–Kier alpha value is -4.07. The summed E-state index contributed by atoms with van der Waals surface area (Å²) < 4.78 is 0. The maximum atomic E-state index is 12.6. The number of hydrogen-bond acceptors (Lipinski definition) is 6. The average Bonchev–Trinajstić information content (AvgIpc) is 2.92. The molecule has 1 aromatic carbocycles. The number of nitrogens with two attached hydrogens (primary N) is 1. The Balaban J connectivity index is 1.52. The van der Waals surface area contributed by atoms with Crippen molar-refractivity contribution in [3.8, 4) is 11.3 Å². The monoisotopic (exact) mass is 401 g/mol. The third-order valence-electron chi connectivity index (χ3n) is 4.87. The van der Waals surface area contributed by atoms with Crippen LogP contribution in [0.5, 0.6) is 0 Å². The van der Waals surface area contributed by atoms with Crippen LogP contribution in [0.3, 0.4) is 0 Å². The number of anilines is 2. The van der Waals surface area contributed by atoms with Crippen molar-refractivity contribution in [3.05, 3.63) is 71.2 Å². The van der Waals surface area contributed by atoms with E-state index < -0.39 is 0 Å². The molecule has 1 aliphatic rings. The van der Waals surface area contributed by atoms with E-state index in [2.05, 4.69) is 15.3 Å². The van der Waals surface area contributed by atoms with Gasteiger partial charge >= 0.3 is 0 Å². The Morgan fingerprint density at radius 1 is 1.10 bits per heavy atom. The first-order valence-electron chi connectivity index (χ1n) is 9.26. The second-order valence-electron chi connectivity index (χ2n) is 7.18. The predicted octanol–water partition coefficient (Wildman–Crippen LogP) is 2.44. The van der Waals surface area contributed by atoms with Gasteiger partial charge in [-0.15, -0.1) is 0 Å². The smallest absolute Gasteiger partial charge is 0.261 e. The van der Waals surface area contributed by atoms with E-state index in [1.54, 1.807) is 48.9 Å². The number of carbonyl (C=O) groups is 3. The molecule has 0 saturated heterocycles. The zero-order valence-corrected chi connectivity index (χ0v) is 16.5. The van der Waals surface area contributed by atoms with Crippen LogP contribution >= 0.6 is 0 Å². The molecule has 0 radical (unpaired) electrons. The first kappa shape index (κ1) is 19.3. The zero-order valence-electron chi connectivity index (χ0n) is 16.5. The van der Waals surface area contributed by atoms with Crippen LogP contribution in [0.2, 0.25) is 0 Å². The number of fused-ring (bicyclic) bond motifs is 1. The fraction of sp³-hybridized carbons (Fsp3) is 0.136. The molecule has 0 aliphatic carbocycles. The number of benzene rings is 1. The van der Waals surface area contributed by atoms with E-state index in [9.17, 15) is 14.4 Å². The largest absolute Gasteiger partial charge is 0.397 e. The minimum atomic E-state index is -0.389. The van der Waals surface area contributed by atoms with Crippen LogP contribution in [0.4, 0.5) is 11.4 Å². The first-order chi connectivity index (χ1) is 14.3. The molecule has 8 heteroatoms. The van der Waals surface area contributed by atoms with Gasteiger partial charge in [-0.1, -0.05) is 6.07 Å². The molecule has 3 N–H and O–H groups in total. The van der Waals surface area contributed by atoms with Gasteiger partial charge in [0.25, 0.3) is 11.8 Å². The molecule has 1 aliphatic heterocycles. The molecular weight excluding hydrogens is 382 g/mol. The lowest BCUT2D eigenvalue weighted by atomic mass is 9.97. The van der Waals surface area contributed by atoms with E-state index in [1.807, 2.05) is 6.92 Å². The Kier molecular flexibility index (Phi) is 4.75. The summed E-state index contributed by atoms with van der Waals surface area (Å²) in [5.74, 6) is -1.05. The highest BCUT2D eigenvalue weighted by atomic mass is 16.2.